The largest absolute Gasteiger partial charge is 0.369 e. The van der Waals surface area contributed by atoms with Gasteiger partial charge in [0, 0.05) is 74.8 Å². The fourth-order valence-electron chi connectivity index (χ4n) is 4.73. The Morgan fingerprint density at radius 2 is 1.79 bits per heavy atom. The highest BCUT2D eigenvalue weighted by molar-refractivity contribution is 7.80. The van der Waals surface area contributed by atoms with Gasteiger partial charge < -0.3 is 9.80 Å². The Kier molecular flexibility index (Phi) is 5.71. The van der Waals surface area contributed by atoms with Crippen LogP contribution in [0, 0.1) is 5.82 Å². The first kappa shape index (κ1) is 20.4. The lowest BCUT2D eigenvalue weighted by Gasteiger charge is -2.38. The number of carbonyl (C=O) groups is 2. The number of carbonyl (C=O) groups excluding carboxylic acids is 2. The standard InChI is InChI=1S/C22H28FN3O2S/c1-14(2)24-7-9-25(10-8-24)20-12-15(23)11-17-18(20)13-26(22(17)29)19-5-3-16(27)4-6-21(19)28/h11-12,14,19H,3-10,13H2,1-2H3. The van der Waals surface area contributed by atoms with Gasteiger partial charge in [-0.25, -0.2) is 4.39 Å². The van der Waals surface area contributed by atoms with Gasteiger partial charge in [-0.3, -0.25) is 14.5 Å². The van der Waals surface area contributed by atoms with E-state index in [0.717, 1.165) is 43.0 Å². The number of ketones is 2. The molecule has 1 aromatic rings. The molecule has 156 valence electrons. The van der Waals surface area contributed by atoms with Crippen LogP contribution in [0.3, 0.4) is 0 Å². The molecule has 1 saturated carbocycles. The average Bonchev–Trinajstić information content (AvgIpc) is 2.92. The van der Waals surface area contributed by atoms with Crippen LogP contribution in [0.15, 0.2) is 12.1 Å². The molecule has 3 aliphatic rings. The maximum atomic E-state index is 14.5. The summed E-state index contributed by atoms with van der Waals surface area (Å²) in [5, 5.41) is 0. The number of hydrogen-bond donors (Lipinski definition) is 0. The minimum Gasteiger partial charge on any atom is -0.369 e. The predicted molar refractivity (Wildman–Crippen MR) is 115 cm³/mol. The molecule has 1 aliphatic carbocycles. The van der Waals surface area contributed by atoms with Crippen LogP contribution in [0.4, 0.5) is 10.1 Å². The summed E-state index contributed by atoms with van der Waals surface area (Å²) >= 11 is 5.67. The topological polar surface area (TPSA) is 43.9 Å². The molecule has 0 spiro atoms. The number of fused-ring (bicyclic) bond motifs is 1. The summed E-state index contributed by atoms with van der Waals surface area (Å²) < 4.78 is 14.5. The van der Waals surface area contributed by atoms with Gasteiger partial charge in [0.1, 0.15) is 16.6 Å². The Morgan fingerprint density at radius 3 is 2.48 bits per heavy atom. The van der Waals surface area contributed by atoms with E-state index in [0.29, 0.717) is 36.8 Å². The Hall–Kier alpha value is -1.86. The van der Waals surface area contributed by atoms with Crippen molar-refractivity contribution in [2.24, 2.45) is 0 Å². The molecule has 0 bridgehead atoms. The monoisotopic (exact) mass is 417 g/mol. The van der Waals surface area contributed by atoms with E-state index in [-0.39, 0.29) is 29.8 Å². The Balaban J connectivity index is 1.60. The lowest BCUT2D eigenvalue weighted by Crippen LogP contribution is -2.49. The summed E-state index contributed by atoms with van der Waals surface area (Å²) in [5.41, 5.74) is 2.63. The molecule has 0 radical (unpaired) electrons. The first-order valence-electron chi connectivity index (χ1n) is 10.5. The number of benzene rings is 1. The van der Waals surface area contributed by atoms with Crippen molar-refractivity contribution in [3.8, 4) is 0 Å². The van der Waals surface area contributed by atoms with Crippen molar-refractivity contribution < 1.29 is 14.0 Å². The fourth-order valence-corrected chi connectivity index (χ4v) is 5.11. The Morgan fingerprint density at radius 1 is 1.07 bits per heavy atom. The molecule has 2 aliphatic heterocycles. The molecule has 1 saturated heterocycles. The Bertz CT molecular complexity index is 849. The van der Waals surface area contributed by atoms with Gasteiger partial charge in [0.05, 0.1) is 6.04 Å². The second kappa shape index (κ2) is 8.11. The number of thiocarbonyl (C=S) groups is 1. The molecule has 2 heterocycles. The molecular formula is C22H28FN3O2S. The molecule has 0 aromatic heterocycles. The SMILES string of the molecule is CC(C)N1CCN(c2cc(F)cc3c2CN(C2CCC(=O)CCC2=O)C3=S)CC1. The van der Waals surface area contributed by atoms with Crippen molar-refractivity contribution in [3.63, 3.8) is 0 Å². The summed E-state index contributed by atoms with van der Waals surface area (Å²) in [4.78, 5) is 31.6. The van der Waals surface area contributed by atoms with Gasteiger partial charge in [0.2, 0.25) is 0 Å². The highest BCUT2D eigenvalue weighted by Gasteiger charge is 2.37. The van der Waals surface area contributed by atoms with Gasteiger partial charge in [-0.1, -0.05) is 12.2 Å². The van der Waals surface area contributed by atoms with E-state index >= 15 is 0 Å². The molecule has 4 rings (SSSR count). The van der Waals surface area contributed by atoms with E-state index in [1.165, 1.54) is 6.07 Å². The minimum absolute atomic E-state index is 0.0681. The maximum absolute atomic E-state index is 14.5. The van der Waals surface area contributed by atoms with Gasteiger partial charge in [-0.15, -0.1) is 0 Å². The highest BCUT2D eigenvalue weighted by atomic mass is 32.1. The highest BCUT2D eigenvalue weighted by Crippen LogP contribution is 2.36. The zero-order valence-electron chi connectivity index (χ0n) is 17.1. The van der Waals surface area contributed by atoms with E-state index in [9.17, 15) is 14.0 Å². The number of piperazine rings is 1. The van der Waals surface area contributed by atoms with Crippen LogP contribution in [0.1, 0.15) is 50.7 Å². The lowest BCUT2D eigenvalue weighted by molar-refractivity contribution is -0.124. The number of anilines is 1. The molecule has 0 N–H and O–H groups in total. The van der Waals surface area contributed by atoms with Crippen LogP contribution in [0.5, 0.6) is 0 Å². The summed E-state index contributed by atoms with van der Waals surface area (Å²) in [7, 11) is 0. The number of halogens is 1. The quantitative estimate of drug-likeness (QED) is 0.557. The van der Waals surface area contributed by atoms with Crippen LogP contribution in [0.2, 0.25) is 0 Å². The summed E-state index contributed by atoms with van der Waals surface area (Å²) in [6, 6.07) is 3.23. The minimum atomic E-state index is -0.380. The van der Waals surface area contributed by atoms with E-state index in [2.05, 4.69) is 23.6 Å². The fraction of sp³-hybridized carbons (Fsp3) is 0.591. The average molecular weight is 418 g/mol. The number of hydrogen-bond acceptors (Lipinski definition) is 5. The second-order valence-corrected chi connectivity index (χ2v) is 8.95. The first-order chi connectivity index (χ1) is 13.8. The first-order valence-corrected chi connectivity index (χ1v) is 10.9. The van der Waals surface area contributed by atoms with E-state index < -0.39 is 0 Å². The molecule has 1 aromatic carbocycles. The molecule has 0 amide bonds. The van der Waals surface area contributed by atoms with Crippen molar-refractivity contribution in [2.45, 2.75) is 58.2 Å². The third-order valence-electron chi connectivity index (χ3n) is 6.49. The summed E-state index contributed by atoms with van der Waals surface area (Å²) in [6.45, 7) is 8.48. The molecular weight excluding hydrogens is 389 g/mol. The van der Waals surface area contributed by atoms with E-state index in [4.69, 9.17) is 12.2 Å². The summed E-state index contributed by atoms with van der Waals surface area (Å²) in [5.74, 6) is -0.0894. The molecule has 1 unspecified atom stereocenters. The van der Waals surface area contributed by atoms with Crippen molar-refractivity contribution >= 4 is 34.5 Å². The van der Waals surface area contributed by atoms with E-state index in [1.807, 2.05) is 4.90 Å². The number of nitrogens with zero attached hydrogens (tertiary/aromatic N) is 3. The molecule has 29 heavy (non-hydrogen) atoms. The van der Waals surface area contributed by atoms with E-state index in [1.54, 1.807) is 6.07 Å². The Labute approximate surface area is 176 Å². The zero-order chi connectivity index (χ0) is 20.7. The molecule has 2 fully saturated rings. The number of rotatable bonds is 3. The van der Waals surface area contributed by atoms with Crippen molar-refractivity contribution in [1.29, 1.82) is 0 Å². The predicted octanol–water partition coefficient (Wildman–Crippen LogP) is 2.93. The van der Waals surface area contributed by atoms with Gasteiger partial charge in [-0.05, 0) is 32.4 Å². The molecule has 1 atom stereocenters. The van der Waals surface area contributed by atoms with Crippen molar-refractivity contribution in [1.82, 2.24) is 9.80 Å². The van der Waals surface area contributed by atoms with Crippen LogP contribution >= 0.6 is 12.2 Å². The van der Waals surface area contributed by atoms with Gasteiger partial charge in [0.15, 0.2) is 5.78 Å². The van der Waals surface area contributed by atoms with Crippen molar-refractivity contribution in [3.05, 3.63) is 29.1 Å². The third-order valence-corrected chi connectivity index (χ3v) is 6.95. The van der Waals surface area contributed by atoms with Gasteiger partial charge in [0.25, 0.3) is 0 Å². The van der Waals surface area contributed by atoms with Gasteiger partial charge in [-0.2, -0.15) is 0 Å². The summed E-state index contributed by atoms with van der Waals surface area (Å²) in [6.07, 6.45) is 1.50. The van der Waals surface area contributed by atoms with Crippen LogP contribution in [0.25, 0.3) is 0 Å². The second-order valence-electron chi connectivity index (χ2n) is 8.56. The molecule has 7 heteroatoms. The lowest BCUT2D eigenvalue weighted by atomic mass is 10.1. The zero-order valence-corrected chi connectivity index (χ0v) is 17.9. The third kappa shape index (κ3) is 3.94. The van der Waals surface area contributed by atoms with Crippen molar-refractivity contribution in [2.75, 3.05) is 31.1 Å². The molecule has 5 nitrogen and oxygen atoms in total. The number of Topliss-reactive ketones (excluding diaryl/α,β-unsaturated/α-hetero) is 2. The maximum Gasteiger partial charge on any atom is 0.155 e. The smallest absolute Gasteiger partial charge is 0.155 e. The van der Waals surface area contributed by atoms with Crippen LogP contribution in [-0.4, -0.2) is 64.6 Å². The van der Waals surface area contributed by atoms with Crippen LogP contribution < -0.4 is 4.90 Å². The van der Waals surface area contributed by atoms with Gasteiger partial charge >= 0.3 is 0 Å². The van der Waals surface area contributed by atoms with Crippen LogP contribution in [-0.2, 0) is 16.1 Å². The normalized spacial score (nSPS) is 23.7.